The van der Waals surface area contributed by atoms with Crippen LogP contribution >= 0.6 is 0 Å². The Labute approximate surface area is 216 Å². The number of ether oxygens (including phenoxy) is 2. The van der Waals surface area contributed by atoms with Crippen LogP contribution in [0.15, 0.2) is 97.3 Å². The zero-order valence-electron chi connectivity index (χ0n) is 20.7. The van der Waals surface area contributed by atoms with E-state index >= 15 is 0 Å². The fraction of sp³-hybridized carbons (Fsp3) is 0.233. The summed E-state index contributed by atoms with van der Waals surface area (Å²) in [5.74, 6) is 1.16. The van der Waals surface area contributed by atoms with Crippen LogP contribution in [0.4, 0.5) is 4.79 Å². The highest BCUT2D eigenvalue weighted by Crippen LogP contribution is 2.41. The molecule has 0 aliphatic carbocycles. The van der Waals surface area contributed by atoms with Gasteiger partial charge in [0.2, 0.25) is 0 Å². The first-order valence-corrected chi connectivity index (χ1v) is 12.4. The number of methoxy groups -OCH3 is 1. The average Bonchev–Trinajstić information content (AvgIpc) is 3.42. The van der Waals surface area contributed by atoms with E-state index in [-0.39, 0.29) is 17.5 Å². The largest absolute Gasteiger partial charge is 0.465 e. The smallest absolute Gasteiger partial charge is 0.415 e. The minimum absolute atomic E-state index is 0.332. The lowest BCUT2D eigenvalue weighted by Gasteiger charge is -2.41. The molecule has 1 aromatic heterocycles. The van der Waals surface area contributed by atoms with E-state index in [9.17, 15) is 9.59 Å². The molecule has 7 heteroatoms. The average molecular weight is 496 g/mol. The predicted molar refractivity (Wildman–Crippen MR) is 140 cm³/mol. The maximum atomic E-state index is 12.9. The Morgan fingerprint density at radius 2 is 1.54 bits per heavy atom. The van der Waals surface area contributed by atoms with Gasteiger partial charge in [-0.1, -0.05) is 60.7 Å². The Kier molecular flexibility index (Phi) is 7.03. The van der Waals surface area contributed by atoms with Crippen molar-refractivity contribution in [1.82, 2.24) is 14.5 Å². The lowest BCUT2D eigenvalue weighted by molar-refractivity contribution is 0.0600. The van der Waals surface area contributed by atoms with Crippen LogP contribution in [0.2, 0.25) is 0 Å². The number of likely N-dealkylation sites (tertiary alicyclic amines) is 1. The van der Waals surface area contributed by atoms with Crippen molar-refractivity contribution in [2.45, 2.75) is 24.8 Å². The number of rotatable bonds is 6. The molecule has 1 aliphatic heterocycles. The summed E-state index contributed by atoms with van der Waals surface area (Å²) >= 11 is 0. The van der Waals surface area contributed by atoms with E-state index in [0.29, 0.717) is 30.9 Å². The third-order valence-electron chi connectivity index (χ3n) is 7.02. The number of nitrogens with zero attached hydrogens (tertiary/aromatic N) is 3. The van der Waals surface area contributed by atoms with Crippen LogP contribution < -0.4 is 4.74 Å². The highest BCUT2D eigenvalue weighted by Gasteiger charge is 2.42. The number of aromatic nitrogens is 2. The van der Waals surface area contributed by atoms with Crippen molar-refractivity contribution in [3.8, 4) is 5.75 Å². The van der Waals surface area contributed by atoms with E-state index in [1.54, 1.807) is 29.2 Å². The van der Waals surface area contributed by atoms with Crippen molar-refractivity contribution in [3.05, 3.63) is 120 Å². The Hall–Kier alpha value is -4.39. The highest BCUT2D eigenvalue weighted by atomic mass is 16.6. The van der Waals surface area contributed by atoms with Crippen molar-refractivity contribution in [2.24, 2.45) is 0 Å². The molecule has 0 saturated carbocycles. The fourth-order valence-corrected chi connectivity index (χ4v) is 5.04. The number of hydrogen-bond donors (Lipinski definition) is 0. The zero-order valence-corrected chi connectivity index (χ0v) is 20.7. The number of imidazole rings is 1. The molecule has 1 amide bonds. The lowest BCUT2D eigenvalue weighted by Crippen LogP contribution is -2.47. The molecule has 0 bridgehead atoms. The van der Waals surface area contributed by atoms with Crippen LogP contribution in [0.3, 0.4) is 0 Å². The number of amides is 1. The van der Waals surface area contributed by atoms with E-state index in [0.717, 1.165) is 24.2 Å². The monoisotopic (exact) mass is 495 g/mol. The molecule has 0 atom stereocenters. The summed E-state index contributed by atoms with van der Waals surface area (Å²) in [4.78, 5) is 31.3. The molecule has 1 fully saturated rings. The molecule has 2 heterocycles. The summed E-state index contributed by atoms with van der Waals surface area (Å²) in [6.07, 6.45) is 4.93. The second kappa shape index (κ2) is 10.7. The first kappa shape index (κ1) is 24.3. The molecular formula is C30H29N3O4. The van der Waals surface area contributed by atoms with Crippen molar-refractivity contribution in [3.63, 3.8) is 0 Å². The van der Waals surface area contributed by atoms with Crippen LogP contribution in [-0.4, -0.2) is 46.7 Å². The molecular weight excluding hydrogens is 466 g/mol. The summed E-state index contributed by atoms with van der Waals surface area (Å²) in [6.45, 7) is 1.73. The molecule has 5 rings (SSSR count). The third kappa shape index (κ3) is 5.11. The maximum Gasteiger partial charge on any atom is 0.415 e. The molecule has 0 spiro atoms. The normalized spacial score (nSPS) is 14.7. The van der Waals surface area contributed by atoms with Crippen molar-refractivity contribution in [1.29, 1.82) is 0 Å². The molecule has 0 N–H and O–H groups in total. The van der Waals surface area contributed by atoms with E-state index < -0.39 is 0 Å². The van der Waals surface area contributed by atoms with Gasteiger partial charge in [-0.05, 0) is 48.2 Å². The van der Waals surface area contributed by atoms with Gasteiger partial charge in [-0.3, -0.25) is 0 Å². The predicted octanol–water partition coefficient (Wildman–Crippen LogP) is 5.30. The van der Waals surface area contributed by atoms with Gasteiger partial charge < -0.3 is 18.9 Å². The van der Waals surface area contributed by atoms with E-state index in [2.05, 4.69) is 16.7 Å². The van der Waals surface area contributed by atoms with Gasteiger partial charge in [0, 0.05) is 32.0 Å². The van der Waals surface area contributed by atoms with Gasteiger partial charge in [-0.2, -0.15) is 0 Å². The highest BCUT2D eigenvalue weighted by molar-refractivity contribution is 5.89. The van der Waals surface area contributed by atoms with Crippen LogP contribution in [0, 0.1) is 0 Å². The van der Waals surface area contributed by atoms with Gasteiger partial charge in [0.1, 0.15) is 11.6 Å². The Morgan fingerprint density at radius 3 is 2.19 bits per heavy atom. The molecule has 1 aliphatic rings. The van der Waals surface area contributed by atoms with Gasteiger partial charge >= 0.3 is 12.1 Å². The number of carbonyl (C=O) groups is 2. The third-order valence-corrected chi connectivity index (χ3v) is 7.02. The Morgan fingerprint density at radius 1 is 0.892 bits per heavy atom. The topological polar surface area (TPSA) is 73.7 Å². The Balaban J connectivity index is 1.39. The zero-order chi connectivity index (χ0) is 25.7. The van der Waals surface area contributed by atoms with Crippen LogP contribution in [0.1, 0.15) is 40.2 Å². The van der Waals surface area contributed by atoms with Gasteiger partial charge in [0.25, 0.3) is 0 Å². The van der Waals surface area contributed by atoms with E-state index in [1.165, 1.54) is 12.7 Å². The minimum Gasteiger partial charge on any atom is -0.465 e. The molecule has 188 valence electrons. The summed E-state index contributed by atoms with van der Waals surface area (Å²) in [5, 5.41) is 0. The first-order chi connectivity index (χ1) is 18.1. The Bertz CT molecular complexity index is 1340. The van der Waals surface area contributed by atoms with Crippen LogP contribution in [0.5, 0.6) is 5.75 Å². The van der Waals surface area contributed by atoms with Gasteiger partial charge in [-0.15, -0.1) is 0 Å². The molecule has 4 aromatic rings. The molecule has 7 nitrogen and oxygen atoms in total. The summed E-state index contributed by atoms with van der Waals surface area (Å²) in [6, 6.07) is 27.0. The number of piperidine rings is 1. The first-order valence-electron chi connectivity index (χ1n) is 12.4. The SMILES string of the molecule is COC(=O)c1ccc(Cn2ccnc2C2(c3ccccc3)CCN(C(=O)Oc3ccccc3)CC2)cc1. The summed E-state index contributed by atoms with van der Waals surface area (Å²) in [5.41, 5.74) is 2.41. The van der Waals surface area contributed by atoms with Crippen molar-refractivity contribution in [2.75, 3.05) is 20.2 Å². The number of para-hydroxylation sites is 1. The minimum atomic E-state index is -0.351. The molecule has 0 radical (unpaired) electrons. The van der Waals surface area contributed by atoms with Gasteiger partial charge in [0.05, 0.1) is 18.1 Å². The number of benzene rings is 3. The van der Waals surface area contributed by atoms with E-state index in [1.807, 2.05) is 60.9 Å². The number of carbonyl (C=O) groups excluding carboxylic acids is 2. The standard InChI is InChI=1S/C30H29N3O4/c1-36-27(34)24-14-12-23(13-15-24)22-33-21-18-31-28(33)30(25-8-4-2-5-9-25)16-19-32(20-17-30)29(35)37-26-10-6-3-7-11-26/h2-15,18,21H,16-17,19-20,22H2,1H3. The fourth-order valence-electron chi connectivity index (χ4n) is 5.04. The van der Waals surface area contributed by atoms with Crippen molar-refractivity contribution >= 4 is 12.1 Å². The quantitative estimate of drug-likeness (QED) is 0.340. The maximum absolute atomic E-state index is 12.9. The summed E-state index contributed by atoms with van der Waals surface area (Å²) in [7, 11) is 1.38. The van der Waals surface area contributed by atoms with Crippen LogP contribution in [0.25, 0.3) is 0 Å². The van der Waals surface area contributed by atoms with Crippen LogP contribution in [-0.2, 0) is 16.7 Å². The molecule has 0 unspecified atom stereocenters. The second-order valence-electron chi connectivity index (χ2n) is 9.18. The van der Waals surface area contributed by atoms with Crippen molar-refractivity contribution < 1.29 is 19.1 Å². The second-order valence-corrected chi connectivity index (χ2v) is 9.18. The number of hydrogen-bond acceptors (Lipinski definition) is 5. The molecule has 1 saturated heterocycles. The van der Waals surface area contributed by atoms with Gasteiger partial charge in [-0.25, -0.2) is 14.6 Å². The number of esters is 1. The molecule has 37 heavy (non-hydrogen) atoms. The molecule has 3 aromatic carbocycles. The lowest BCUT2D eigenvalue weighted by atomic mass is 9.72. The van der Waals surface area contributed by atoms with Gasteiger partial charge in [0.15, 0.2) is 0 Å². The van der Waals surface area contributed by atoms with E-state index in [4.69, 9.17) is 14.5 Å². The summed E-state index contributed by atoms with van der Waals surface area (Å²) < 4.78 is 12.6.